The zero-order chi connectivity index (χ0) is 9.68. The summed E-state index contributed by atoms with van der Waals surface area (Å²) in [6, 6.07) is 2.35. The molecule has 72 valence electrons. The zero-order valence-electron chi connectivity index (χ0n) is 8.42. The number of nitrogens with zero attached hydrogens (tertiary/aromatic N) is 2. The van der Waals surface area contributed by atoms with Crippen molar-refractivity contribution in [2.45, 2.75) is 26.2 Å². The Balaban J connectivity index is 2.18. The lowest BCUT2D eigenvalue weighted by Gasteiger charge is -2.28. The first kappa shape index (κ1) is 10.3. The average Bonchev–Trinajstić information content (AvgIpc) is 2.15. The smallest absolute Gasteiger partial charge is 0.0656 e. The molecule has 1 saturated heterocycles. The topological polar surface area (TPSA) is 27.0 Å². The molecule has 0 aliphatic carbocycles. The van der Waals surface area contributed by atoms with Crippen molar-refractivity contribution in [1.29, 1.82) is 5.26 Å². The number of piperidine rings is 1. The van der Waals surface area contributed by atoms with Crippen LogP contribution >= 0.6 is 0 Å². The fourth-order valence-electron chi connectivity index (χ4n) is 1.63. The number of hydrogen-bond donors (Lipinski definition) is 0. The molecular formula is C11H18N2. The van der Waals surface area contributed by atoms with Crippen LogP contribution in [0.4, 0.5) is 0 Å². The number of rotatable bonds is 3. The van der Waals surface area contributed by atoms with E-state index in [0.29, 0.717) is 5.92 Å². The van der Waals surface area contributed by atoms with Gasteiger partial charge in [0.05, 0.1) is 6.07 Å². The molecule has 0 amide bonds. The van der Waals surface area contributed by atoms with Crippen LogP contribution in [0.15, 0.2) is 12.2 Å². The lowest BCUT2D eigenvalue weighted by Crippen LogP contribution is -2.34. The van der Waals surface area contributed by atoms with Gasteiger partial charge in [-0.25, -0.2) is 0 Å². The highest BCUT2D eigenvalue weighted by Crippen LogP contribution is 2.16. The highest BCUT2D eigenvalue weighted by atomic mass is 15.1. The van der Waals surface area contributed by atoms with Gasteiger partial charge >= 0.3 is 0 Å². The first-order valence-electron chi connectivity index (χ1n) is 4.98. The van der Waals surface area contributed by atoms with Crippen LogP contribution in [0, 0.1) is 17.2 Å². The standard InChI is InChI=1S/C11H18N2/c1-10(2)3-6-13-7-4-11(9-12)5-8-13/h11H,1,3-8H2,2H3. The first-order valence-corrected chi connectivity index (χ1v) is 4.98. The molecule has 0 aromatic carbocycles. The SMILES string of the molecule is C=C(C)CCN1CCC(C#N)CC1. The minimum atomic E-state index is 0.307. The van der Waals surface area contributed by atoms with Gasteiger partial charge in [-0.3, -0.25) is 0 Å². The molecule has 1 heterocycles. The van der Waals surface area contributed by atoms with Crippen LogP contribution in [-0.4, -0.2) is 24.5 Å². The lowest BCUT2D eigenvalue weighted by atomic mass is 9.98. The van der Waals surface area contributed by atoms with Gasteiger partial charge in [0.15, 0.2) is 0 Å². The molecule has 2 nitrogen and oxygen atoms in total. The van der Waals surface area contributed by atoms with E-state index in [1.54, 1.807) is 0 Å². The Bertz CT molecular complexity index is 207. The Hall–Kier alpha value is -0.810. The quantitative estimate of drug-likeness (QED) is 0.619. The second kappa shape index (κ2) is 5.04. The Morgan fingerprint density at radius 1 is 1.54 bits per heavy atom. The second-order valence-electron chi connectivity index (χ2n) is 3.95. The van der Waals surface area contributed by atoms with Crippen molar-refractivity contribution in [3.63, 3.8) is 0 Å². The molecule has 1 rings (SSSR count). The average molecular weight is 178 g/mol. The molecule has 0 saturated carbocycles. The van der Waals surface area contributed by atoms with Gasteiger partial charge in [-0.15, -0.1) is 6.58 Å². The van der Waals surface area contributed by atoms with Crippen molar-refractivity contribution in [3.05, 3.63) is 12.2 Å². The number of nitriles is 1. The van der Waals surface area contributed by atoms with E-state index < -0.39 is 0 Å². The molecule has 1 aliphatic heterocycles. The maximum Gasteiger partial charge on any atom is 0.0656 e. The maximum absolute atomic E-state index is 8.71. The maximum atomic E-state index is 8.71. The summed E-state index contributed by atoms with van der Waals surface area (Å²) >= 11 is 0. The van der Waals surface area contributed by atoms with Gasteiger partial charge in [0, 0.05) is 12.5 Å². The van der Waals surface area contributed by atoms with Crippen LogP contribution in [0.1, 0.15) is 26.2 Å². The minimum Gasteiger partial charge on any atom is -0.303 e. The molecule has 0 bridgehead atoms. The minimum absolute atomic E-state index is 0.307. The fourth-order valence-corrected chi connectivity index (χ4v) is 1.63. The third-order valence-electron chi connectivity index (χ3n) is 2.62. The van der Waals surface area contributed by atoms with Gasteiger partial charge in [-0.2, -0.15) is 5.26 Å². The van der Waals surface area contributed by atoms with Gasteiger partial charge in [-0.1, -0.05) is 5.57 Å². The van der Waals surface area contributed by atoms with Gasteiger partial charge in [0.2, 0.25) is 0 Å². The van der Waals surface area contributed by atoms with Gasteiger partial charge in [0.1, 0.15) is 0 Å². The Kier molecular flexibility index (Phi) is 3.98. The molecule has 0 spiro atoms. The van der Waals surface area contributed by atoms with E-state index in [0.717, 1.165) is 38.9 Å². The molecule has 13 heavy (non-hydrogen) atoms. The van der Waals surface area contributed by atoms with Crippen LogP contribution in [0.2, 0.25) is 0 Å². The molecule has 1 fully saturated rings. The van der Waals surface area contributed by atoms with Crippen LogP contribution in [0.25, 0.3) is 0 Å². The highest BCUT2D eigenvalue weighted by molar-refractivity contribution is 4.91. The first-order chi connectivity index (χ1) is 6.22. The van der Waals surface area contributed by atoms with E-state index >= 15 is 0 Å². The van der Waals surface area contributed by atoms with Crippen molar-refractivity contribution in [1.82, 2.24) is 4.90 Å². The van der Waals surface area contributed by atoms with Crippen LogP contribution < -0.4 is 0 Å². The Morgan fingerprint density at radius 3 is 2.62 bits per heavy atom. The summed E-state index contributed by atoms with van der Waals surface area (Å²) < 4.78 is 0. The van der Waals surface area contributed by atoms with E-state index in [2.05, 4.69) is 24.5 Å². The highest BCUT2D eigenvalue weighted by Gasteiger charge is 2.17. The third kappa shape index (κ3) is 3.61. The normalized spacial score (nSPS) is 19.7. The third-order valence-corrected chi connectivity index (χ3v) is 2.62. The molecule has 0 atom stereocenters. The summed E-state index contributed by atoms with van der Waals surface area (Å²) in [5.41, 5.74) is 1.25. The summed E-state index contributed by atoms with van der Waals surface area (Å²) in [6.07, 6.45) is 3.19. The summed E-state index contributed by atoms with van der Waals surface area (Å²) in [7, 11) is 0. The molecule has 0 N–H and O–H groups in total. The van der Waals surface area contributed by atoms with Crippen LogP contribution in [0.3, 0.4) is 0 Å². The van der Waals surface area contributed by atoms with E-state index in [1.165, 1.54) is 5.57 Å². The van der Waals surface area contributed by atoms with Crippen molar-refractivity contribution < 1.29 is 0 Å². The van der Waals surface area contributed by atoms with Crippen molar-refractivity contribution >= 4 is 0 Å². The van der Waals surface area contributed by atoms with E-state index in [4.69, 9.17) is 5.26 Å². The van der Waals surface area contributed by atoms with Crippen molar-refractivity contribution in [2.75, 3.05) is 19.6 Å². The number of hydrogen-bond acceptors (Lipinski definition) is 2. The second-order valence-corrected chi connectivity index (χ2v) is 3.95. The molecule has 0 radical (unpaired) electrons. The summed E-state index contributed by atoms with van der Waals surface area (Å²) in [5, 5.41) is 8.71. The van der Waals surface area contributed by atoms with E-state index in [9.17, 15) is 0 Å². The zero-order valence-corrected chi connectivity index (χ0v) is 8.42. The van der Waals surface area contributed by atoms with Crippen molar-refractivity contribution in [3.8, 4) is 6.07 Å². The van der Waals surface area contributed by atoms with E-state index in [1.807, 2.05) is 0 Å². The molecule has 0 aromatic heterocycles. The van der Waals surface area contributed by atoms with E-state index in [-0.39, 0.29) is 0 Å². The van der Waals surface area contributed by atoms with Crippen molar-refractivity contribution in [2.24, 2.45) is 5.92 Å². The molecule has 2 heteroatoms. The largest absolute Gasteiger partial charge is 0.303 e. The molecular weight excluding hydrogens is 160 g/mol. The Morgan fingerprint density at radius 2 is 2.15 bits per heavy atom. The molecule has 0 aromatic rings. The fraction of sp³-hybridized carbons (Fsp3) is 0.727. The molecule has 0 unspecified atom stereocenters. The van der Waals surface area contributed by atoms with Crippen LogP contribution in [-0.2, 0) is 0 Å². The number of likely N-dealkylation sites (tertiary alicyclic amines) is 1. The summed E-state index contributed by atoms with van der Waals surface area (Å²) in [4.78, 5) is 2.43. The lowest BCUT2D eigenvalue weighted by molar-refractivity contribution is 0.208. The predicted octanol–water partition coefficient (Wildman–Crippen LogP) is 2.19. The molecule has 1 aliphatic rings. The van der Waals surface area contributed by atoms with Crippen LogP contribution in [0.5, 0.6) is 0 Å². The Labute approximate surface area is 80.8 Å². The van der Waals surface area contributed by atoms with Gasteiger partial charge in [0.25, 0.3) is 0 Å². The summed E-state index contributed by atoms with van der Waals surface area (Å²) in [6.45, 7) is 9.26. The van der Waals surface area contributed by atoms with Gasteiger partial charge < -0.3 is 4.90 Å². The van der Waals surface area contributed by atoms with Gasteiger partial charge in [-0.05, 0) is 39.3 Å². The summed E-state index contributed by atoms with van der Waals surface area (Å²) in [5.74, 6) is 0.307. The predicted molar refractivity (Wildman–Crippen MR) is 54.2 cm³/mol. The monoisotopic (exact) mass is 178 g/mol.